The zero-order valence-electron chi connectivity index (χ0n) is 21.7. The topological polar surface area (TPSA) is 50.2 Å². The van der Waals surface area contributed by atoms with Crippen LogP contribution in [0.3, 0.4) is 0 Å². The number of aromatic nitrogens is 2. The van der Waals surface area contributed by atoms with E-state index < -0.39 is 5.82 Å². The average molecular weight is 561 g/mol. The molecule has 1 N–H and O–H groups in total. The molecular formula is C31H30ClFN4OS. The molecular weight excluding hydrogens is 531 g/mol. The maximum Gasteiger partial charge on any atom is 0.231 e. The molecule has 1 unspecified atom stereocenters. The van der Waals surface area contributed by atoms with Crippen LogP contribution in [0.15, 0.2) is 84.0 Å². The number of nitrogens with zero attached hydrogens (tertiary/aromatic N) is 3. The summed E-state index contributed by atoms with van der Waals surface area (Å²) in [7, 11) is 1.96. The van der Waals surface area contributed by atoms with Crippen molar-refractivity contribution in [1.82, 2.24) is 14.3 Å². The fourth-order valence-electron chi connectivity index (χ4n) is 5.48. The summed E-state index contributed by atoms with van der Waals surface area (Å²) in [6, 6.07) is 21.6. The molecule has 6 rings (SSSR count). The van der Waals surface area contributed by atoms with Crippen molar-refractivity contribution in [2.75, 3.05) is 4.90 Å². The van der Waals surface area contributed by atoms with E-state index in [1.165, 1.54) is 34.7 Å². The van der Waals surface area contributed by atoms with E-state index in [4.69, 9.17) is 11.6 Å². The number of hydrogen-bond donors (Lipinski definition) is 1. The highest BCUT2D eigenvalue weighted by atomic mass is 35.5. The van der Waals surface area contributed by atoms with Crippen LogP contribution in [-0.4, -0.2) is 15.5 Å². The van der Waals surface area contributed by atoms with Gasteiger partial charge in [-0.05, 0) is 90.6 Å². The Kier molecular flexibility index (Phi) is 7.47. The molecule has 1 saturated carbocycles. The summed E-state index contributed by atoms with van der Waals surface area (Å²) in [6.45, 7) is 0.417. The normalized spacial score (nSPS) is 19.9. The summed E-state index contributed by atoms with van der Waals surface area (Å²) < 4.78 is 19.2. The highest BCUT2D eigenvalue weighted by Crippen LogP contribution is 2.49. The number of carbonyl (C=O) groups excluding carboxylic acids is 1. The van der Waals surface area contributed by atoms with Crippen molar-refractivity contribution in [2.45, 2.75) is 49.1 Å². The lowest BCUT2D eigenvalue weighted by atomic mass is 9.87. The van der Waals surface area contributed by atoms with Gasteiger partial charge in [0.25, 0.3) is 0 Å². The smallest absolute Gasteiger partial charge is 0.231 e. The SMILES string of the molecule is Cn1ccnc1CN(C(=O)C1C[C@@H]1c1ccccc1)c1ccc2c(c1)[C@H](NSc1ccc(F)c(Cl)c1)CCC2. The molecule has 0 spiro atoms. The third-order valence-corrected chi connectivity index (χ3v) is 8.97. The Bertz CT molecular complexity index is 1490. The highest BCUT2D eigenvalue weighted by Gasteiger charge is 2.46. The van der Waals surface area contributed by atoms with Crippen LogP contribution in [0.5, 0.6) is 0 Å². The molecule has 200 valence electrons. The molecule has 0 aliphatic heterocycles. The molecule has 5 nitrogen and oxygen atoms in total. The number of amides is 1. The Hall–Kier alpha value is -3.13. The molecule has 3 atom stereocenters. The Morgan fingerprint density at radius 3 is 2.79 bits per heavy atom. The number of imidazole rings is 1. The van der Waals surface area contributed by atoms with Crippen LogP contribution in [-0.2, 0) is 24.8 Å². The summed E-state index contributed by atoms with van der Waals surface area (Å²) >= 11 is 7.45. The lowest BCUT2D eigenvalue weighted by Gasteiger charge is -2.29. The number of carbonyl (C=O) groups is 1. The minimum absolute atomic E-state index is 0.0311. The van der Waals surface area contributed by atoms with E-state index in [-0.39, 0.29) is 28.8 Å². The van der Waals surface area contributed by atoms with Gasteiger partial charge in [0.1, 0.15) is 11.6 Å². The fourth-order valence-corrected chi connectivity index (χ4v) is 6.56. The first kappa shape index (κ1) is 26.1. The molecule has 1 heterocycles. The minimum Gasteiger partial charge on any atom is -0.337 e. The maximum atomic E-state index is 14.0. The standard InChI is InChI=1S/C31H30ClFN4OS/c1-36-15-14-34-30(36)19-37(31(38)26-18-24(26)20-6-3-2-4-7-20)22-11-10-21-8-5-9-29(25(21)16-22)35-39-23-12-13-28(33)27(32)17-23/h2-4,6-7,10-17,24,26,29,35H,5,8-9,18-19H2,1H3/t24-,26?,29-/m1/s1. The van der Waals surface area contributed by atoms with Gasteiger partial charge in [0.2, 0.25) is 5.91 Å². The molecule has 1 fully saturated rings. The van der Waals surface area contributed by atoms with Crippen molar-refractivity contribution in [3.63, 3.8) is 0 Å². The van der Waals surface area contributed by atoms with Crippen LogP contribution in [0.4, 0.5) is 10.1 Å². The second-order valence-electron chi connectivity index (χ2n) is 10.4. The average Bonchev–Trinajstić information content (AvgIpc) is 3.67. The Morgan fingerprint density at radius 1 is 1.18 bits per heavy atom. The first-order valence-corrected chi connectivity index (χ1v) is 14.5. The molecule has 0 radical (unpaired) electrons. The third kappa shape index (κ3) is 5.62. The van der Waals surface area contributed by atoms with Gasteiger partial charge in [0.05, 0.1) is 11.6 Å². The van der Waals surface area contributed by atoms with Crippen molar-refractivity contribution < 1.29 is 9.18 Å². The van der Waals surface area contributed by atoms with E-state index in [0.717, 1.165) is 42.1 Å². The third-order valence-electron chi connectivity index (χ3n) is 7.79. The summed E-state index contributed by atoms with van der Waals surface area (Å²) in [6.07, 6.45) is 7.61. The second-order valence-corrected chi connectivity index (χ2v) is 11.7. The van der Waals surface area contributed by atoms with Crippen LogP contribution >= 0.6 is 23.5 Å². The van der Waals surface area contributed by atoms with Gasteiger partial charge >= 0.3 is 0 Å². The molecule has 39 heavy (non-hydrogen) atoms. The monoisotopic (exact) mass is 560 g/mol. The van der Waals surface area contributed by atoms with Gasteiger partial charge in [-0.3, -0.25) is 9.52 Å². The number of hydrogen-bond acceptors (Lipinski definition) is 4. The van der Waals surface area contributed by atoms with Crippen LogP contribution in [0.1, 0.15) is 53.7 Å². The number of benzene rings is 3. The van der Waals surface area contributed by atoms with Crippen LogP contribution in [0.2, 0.25) is 5.02 Å². The van der Waals surface area contributed by atoms with E-state index in [9.17, 15) is 9.18 Å². The number of fused-ring (bicyclic) bond motifs is 1. The van der Waals surface area contributed by atoms with Crippen molar-refractivity contribution in [3.8, 4) is 0 Å². The lowest BCUT2D eigenvalue weighted by molar-refractivity contribution is -0.120. The number of aryl methyl sites for hydroxylation is 2. The van der Waals surface area contributed by atoms with Gasteiger partial charge in [-0.25, -0.2) is 9.37 Å². The molecule has 8 heteroatoms. The van der Waals surface area contributed by atoms with E-state index >= 15 is 0 Å². The largest absolute Gasteiger partial charge is 0.337 e. The molecule has 0 bridgehead atoms. The molecule has 2 aliphatic rings. The van der Waals surface area contributed by atoms with Crippen LogP contribution in [0.25, 0.3) is 0 Å². The van der Waals surface area contributed by atoms with Crippen molar-refractivity contribution >= 4 is 35.1 Å². The fraction of sp³-hybridized carbons (Fsp3) is 0.290. The van der Waals surface area contributed by atoms with Gasteiger partial charge in [0, 0.05) is 42.0 Å². The Balaban J connectivity index is 1.27. The lowest BCUT2D eigenvalue weighted by Crippen LogP contribution is -2.33. The Morgan fingerprint density at radius 2 is 2.03 bits per heavy atom. The Labute approximate surface area is 237 Å². The van der Waals surface area contributed by atoms with Gasteiger partial charge in [-0.15, -0.1) is 0 Å². The molecule has 3 aromatic carbocycles. The molecule has 1 aromatic heterocycles. The predicted octanol–water partition coefficient (Wildman–Crippen LogP) is 7.22. The van der Waals surface area contributed by atoms with Crippen molar-refractivity contribution in [2.24, 2.45) is 13.0 Å². The highest BCUT2D eigenvalue weighted by molar-refractivity contribution is 7.97. The van der Waals surface area contributed by atoms with Crippen molar-refractivity contribution in [1.29, 1.82) is 0 Å². The quantitative estimate of drug-likeness (QED) is 0.231. The van der Waals surface area contributed by atoms with Crippen LogP contribution in [0, 0.1) is 11.7 Å². The maximum absolute atomic E-state index is 14.0. The number of anilines is 1. The number of halogens is 2. The van der Waals surface area contributed by atoms with E-state index in [1.807, 2.05) is 40.9 Å². The first-order chi connectivity index (χ1) is 19.0. The van der Waals surface area contributed by atoms with Gasteiger partial charge in [-0.1, -0.05) is 48.0 Å². The first-order valence-electron chi connectivity index (χ1n) is 13.3. The van der Waals surface area contributed by atoms with E-state index in [1.54, 1.807) is 18.3 Å². The summed E-state index contributed by atoms with van der Waals surface area (Å²) in [5.41, 5.74) is 4.61. The molecule has 2 aliphatic carbocycles. The van der Waals surface area contributed by atoms with Crippen LogP contribution < -0.4 is 9.62 Å². The second kappa shape index (κ2) is 11.2. The predicted molar refractivity (Wildman–Crippen MR) is 154 cm³/mol. The number of nitrogens with one attached hydrogen (secondary N) is 1. The van der Waals surface area contributed by atoms with Gasteiger partial charge in [-0.2, -0.15) is 0 Å². The summed E-state index contributed by atoms with van der Waals surface area (Å²) in [4.78, 5) is 21.3. The van der Waals surface area contributed by atoms with Gasteiger partial charge < -0.3 is 9.47 Å². The molecule has 1 amide bonds. The number of rotatable bonds is 8. The minimum atomic E-state index is -0.420. The zero-order chi connectivity index (χ0) is 26.9. The van der Waals surface area contributed by atoms with Crippen molar-refractivity contribution in [3.05, 3.63) is 112 Å². The summed E-state index contributed by atoms with van der Waals surface area (Å²) in [5, 5.41) is 0.116. The molecule has 0 saturated heterocycles. The van der Waals surface area contributed by atoms with E-state index in [2.05, 4.69) is 40.0 Å². The summed E-state index contributed by atoms with van der Waals surface area (Å²) in [5.74, 6) is 0.792. The van der Waals surface area contributed by atoms with Gasteiger partial charge in [0.15, 0.2) is 0 Å². The zero-order valence-corrected chi connectivity index (χ0v) is 23.3. The molecule has 4 aromatic rings. The van der Waals surface area contributed by atoms with E-state index in [0.29, 0.717) is 6.54 Å².